The number of carbonyl (C=O) groups is 1. The molecule has 0 aromatic heterocycles. The van der Waals surface area contributed by atoms with Crippen molar-refractivity contribution in [3.05, 3.63) is 35.9 Å². The lowest BCUT2D eigenvalue weighted by Gasteiger charge is -2.27. The number of piperidine rings is 1. The molecule has 3 nitrogen and oxygen atoms in total. The molecule has 2 aliphatic rings. The first kappa shape index (κ1) is 10.8. The quantitative estimate of drug-likeness (QED) is 0.840. The molecule has 3 atom stereocenters. The summed E-state index contributed by atoms with van der Waals surface area (Å²) in [6.45, 7) is 4.64. The molecule has 1 aromatic carbocycles. The van der Waals surface area contributed by atoms with Crippen molar-refractivity contribution in [3.63, 3.8) is 0 Å². The molecule has 90 valence electrons. The molecule has 2 fully saturated rings. The fourth-order valence-corrected chi connectivity index (χ4v) is 3.16. The molecule has 1 heterocycles. The van der Waals surface area contributed by atoms with Gasteiger partial charge in [0.25, 0.3) is 0 Å². The standard InChI is InChI=1S/C14H17NO2/c1-14(2)10-11(14)13(17)15(12(10)16)8-9-6-4-3-5-7-9/h3-7,10-12,16H,8H2,1-2H3. The highest BCUT2D eigenvalue weighted by molar-refractivity contribution is 5.86. The zero-order valence-corrected chi connectivity index (χ0v) is 10.1. The highest BCUT2D eigenvalue weighted by Crippen LogP contribution is 2.64. The van der Waals surface area contributed by atoms with Gasteiger partial charge in [-0.2, -0.15) is 0 Å². The summed E-state index contributed by atoms with van der Waals surface area (Å²) in [7, 11) is 0. The van der Waals surface area contributed by atoms with Gasteiger partial charge < -0.3 is 10.0 Å². The number of aliphatic hydroxyl groups excluding tert-OH is 1. The Bertz CT molecular complexity index is 455. The molecule has 1 saturated carbocycles. The van der Waals surface area contributed by atoms with E-state index >= 15 is 0 Å². The molecule has 1 aliphatic heterocycles. The van der Waals surface area contributed by atoms with E-state index < -0.39 is 6.23 Å². The second-order valence-corrected chi connectivity index (χ2v) is 5.69. The number of likely N-dealkylation sites (tertiary alicyclic amines) is 1. The van der Waals surface area contributed by atoms with Gasteiger partial charge in [-0.3, -0.25) is 4.79 Å². The van der Waals surface area contributed by atoms with Crippen LogP contribution in [0.2, 0.25) is 0 Å². The van der Waals surface area contributed by atoms with Crippen LogP contribution >= 0.6 is 0 Å². The number of benzene rings is 1. The predicted octanol–water partition coefficient (Wildman–Crippen LogP) is 1.62. The fraction of sp³-hybridized carbons (Fsp3) is 0.500. The number of nitrogens with zero attached hydrogens (tertiary/aromatic N) is 1. The number of rotatable bonds is 2. The summed E-state index contributed by atoms with van der Waals surface area (Å²) in [5.74, 6) is 0.260. The lowest BCUT2D eigenvalue weighted by Crippen LogP contribution is -2.39. The minimum Gasteiger partial charge on any atom is -0.373 e. The van der Waals surface area contributed by atoms with Gasteiger partial charge >= 0.3 is 0 Å². The summed E-state index contributed by atoms with van der Waals surface area (Å²) in [4.78, 5) is 13.8. The molecule has 1 N–H and O–H groups in total. The lowest BCUT2D eigenvalue weighted by atomic mass is 10.0. The molecule has 3 heteroatoms. The normalized spacial score (nSPS) is 33.7. The van der Waals surface area contributed by atoms with Crippen LogP contribution in [0.4, 0.5) is 0 Å². The van der Waals surface area contributed by atoms with Crippen molar-refractivity contribution in [1.82, 2.24) is 4.90 Å². The van der Waals surface area contributed by atoms with Crippen molar-refractivity contribution < 1.29 is 9.90 Å². The summed E-state index contributed by atoms with van der Waals surface area (Å²) in [6.07, 6.45) is -0.609. The van der Waals surface area contributed by atoms with E-state index in [1.54, 1.807) is 4.90 Å². The Morgan fingerprint density at radius 2 is 1.94 bits per heavy atom. The first-order valence-corrected chi connectivity index (χ1v) is 6.06. The zero-order chi connectivity index (χ0) is 12.2. The molecule has 0 radical (unpaired) electrons. The summed E-state index contributed by atoms with van der Waals surface area (Å²) < 4.78 is 0. The van der Waals surface area contributed by atoms with Crippen LogP contribution in [0, 0.1) is 17.3 Å². The molecule has 1 saturated heterocycles. The van der Waals surface area contributed by atoms with E-state index in [1.807, 2.05) is 30.3 Å². The van der Waals surface area contributed by atoms with E-state index in [2.05, 4.69) is 13.8 Å². The summed E-state index contributed by atoms with van der Waals surface area (Å²) in [6, 6.07) is 9.82. The van der Waals surface area contributed by atoms with Gasteiger partial charge in [-0.15, -0.1) is 0 Å². The van der Waals surface area contributed by atoms with Crippen LogP contribution in [0.15, 0.2) is 30.3 Å². The number of carbonyl (C=O) groups excluding carboxylic acids is 1. The Balaban J connectivity index is 1.77. The van der Waals surface area contributed by atoms with Gasteiger partial charge in [0.2, 0.25) is 5.91 Å². The van der Waals surface area contributed by atoms with Crippen molar-refractivity contribution in [2.45, 2.75) is 26.6 Å². The number of aliphatic hydroxyl groups is 1. The van der Waals surface area contributed by atoms with Crippen LogP contribution in [0.1, 0.15) is 19.4 Å². The van der Waals surface area contributed by atoms with Gasteiger partial charge in [0.1, 0.15) is 6.23 Å². The maximum absolute atomic E-state index is 12.1. The van der Waals surface area contributed by atoms with Crippen LogP contribution < -0.4 is 0 Å². The zero-order valence-electron chi connectivity index (χ0n) is 10.1. The van der Waals surface area contributed by atoms with Crippen molar-refractivity contribution in [2.24, 2.45) is 17.3 Å². The number of fused-ring (bicyclic) bond motifs is 1. The predicted molar refractivity (Wildman–Crippen MR) is 63.8 cm³/mol. The molecule has 1 aliphatic carbocycles. The van der Waals surface area contributed by atoms with Gasteiger partial charge in [-0.25, -0.2) is 0 Å². The van der Waals surface area contributed by atoms with Crippen LogP contribution in [0.5, 0.6) is 0 Å². The molecular formula is C14H17NO2. The molecule has 0 spiro atoms. The molecule has 3 rings (SSSR count). The van der Waals surface area contributed by atoms with Gasteiger partial charge in [-0.05, 0) is 11.0 Å². The van der Waals surface area contributed by atoms with E-state index in [0.717, 1.165) is 5.56 Å². The Kier molecular flexibility index (Phi) is 2.11. The Labute approximate surface area is 101 Å². The Morgan fingerprint density at radius 3 is 2.47 bits per heavy atom. The fourth-order valence-electron chi connectivity index (χ4n) is 3.16. The highest BCUT2D eigenvalue weighted by Gasteiger charge is 2.71. The first-order valence-electron chi connectivity index (χ1n) is 6.06. The second kappa shape index (κ2) is 3.33. The monoisotopic (exact) mass is 231 g/mol. The molecule has 17 heavy (non-hydrogen) atoms. The number of hydrogen-bond acceptors (Lipinski definition) is 2. The van der Waals surface area contributed by atoms with Gasteiger partial charge in [0.05, 0.1) is 5.92 Å². The maximum Gasteiger partial charge on any atom is 0.229 e. The molecular weight excluding hydrogens is 214 g/mol. The van der Waals surface area contributed by atoms with Crippen LogP contribution in [-0.4, -0.2) is 22.1 Å². The third kappa shape index (κ3) is 1.42. The van der Waals surface area contributed by atoms with E-state index in [0.29, 0.717) is 6.54 Å². The van der Waals surface area contributed by atoms with Gasteiger partial charge in [0.15, 0.2) is 0 Å². The lowest BCUT2D eigenvalue weighted by molar-refractivity contribution is -0.140. The smallest absolute Gasteiger partial charge is 0.229 e. The van der Waals surface area contributed by atoms with Crippen LogP contribution in [0.3, 0.4) is 0 Å². The third-order valence-corrected chi connectivity index (χ3v) is 4.30. The number of hydrogen-bond donors (Lipinski definition) is 1. The van der Waals surface area contributed by atoms with E-state index in [-0.39, 0.29) is 23.2 Å². The first-order chi connectivity index (χ1) is 8.03. The highest BCUT2D eigenvalue weighted by atomic mass is 16.3. The van der Waals surface area contributed by atoms with Gasteiger partial charge in [0, 0.05) is 12.5 Å². The van der Waals surface area contributed by atoms with Crippen molar-refractivity contribution in [3.8, 4) is 0 Å². The maximum atomic E-state index is 12.1. The topological polar surface area (TPSA) is 40.5 Å². The van der Waals surface area contributed by atoms with Crippen molar-refractivity contribution in [1.29, 1.82) is 0 Å². The summed E-state index contributed by atoms with van der Waals surface area (Å²) in [5, 5.41) is 10.2. The largest absolute Gasteiger partial charge is 0.373 e. The van der Waals surface area contributed by atoms with Crippen LogP contribution in [-0.2, 0) is 11.3 Å². The average Bonchev–Trinajstić information content (AvgIpc) is 2.78. The summed E-state index contributed by atoms with van der Waals surface area (Å²) >= 11 is 0. The third-order valence-electron chi connectivity index (χ3n) is 4.30. The molecule has 3 unspecified atom stereocenters. The van der Waals surface area contributed by atoms with Gasteiger partial charge in [-0.1, -0.05) is 44.2 Å². The minimum absolute atomic E-state index is 0.0102. The minimum atomic E-state index is -0.609. The van der Waals surface area contributed by atoms with E-state index in [1.165, 1.54) is 0 Å². The molecule has 1 aromatic rings. The Morgan fingerprint density at radius 1 is 1.29 bits per heavy atom. The Hall–Kier alpha value is -1.35. The second-order valence-electron chi connectivity index (χ2n) is 5.69. The van der Waals surface area contributed by atoms with E-state index in [4.69, 9.17) is 0 Å². The average molecular weight is 231 g/mol. The number of amides is 1. The van der Waals surface area contributed by atoms with Crippen LogP contribution in [0.25, 0.3) is 0 Å². The van der Waals surface area contributed by atoms with E-state index in [9.17, 15) is 9.90 Å². The summed E-state index contributed by atoms with van der Waals surface area (Å²) in [5.41, 5.74) is 1.06. The van der Waals surface area contributed by atoms with Crippen molar-refractivity contribution >= 4 is 5.91 Å². The molecule has 1 amide bonds. The van der Waals surface area contributed by atoms with Crippen molar-refractivity contribution in [2.75, 3.05) is 0 Å². The SMILES string of the molecule is CC1(C)C2C(=O)N(Cc3ccccc3)C(O)C21. The molecule has 0 bridgehead atoms.